The molecule has 0 saturated carbocycles. The van der Waals surface area contributed by atoms with Crippen molar-refractivity contribution >= 4 is 12.0 Å². The first-order valence-electron chi connectivity index (χ1n) is 6.69. The van der Waals surface area contributed by atoms with E-state index in [0.717, 1.165) is 31.5 Å². The Bertz CT molecular complexity index is 494. The van der Waals surface area contributed by atoms with Crippen molar-refractivity contribution in [3.05, 3.63) is 29.8 Å². The number of benzene rings is 1. The van der Waals surface area contributed by atoms with Crippen molar-refractivity contribution in [1.82, 2.24) is 10.4 Å². The molecule has 1 aromatic carbocycles. The summed E-state index contributed by atoms with van der Waals surface area (Å²) in [5, 5.41) is 1.65. The summed E-state index contributed by atoms with van der Waals surface area (Å²) in [4.78, 5) is 12.0. The highest BCUT2D eigenvalue weighted by atomic mass is 16.5. The lowest BCUT2D eigenvalue weighted by atomic mass is 10.2. The van der Waals surface area contributed by atoms with Crippen molar-refractivity contribution in [2.45, 2.75) is 12.8 Å². The predicted molar refractivity (Wildman–Crippen MR) is 77.5 cm³/mol. The second-order valence-corrected chi connectivity index (χ2v) is 4.55. The lowest BCUT2D eigenvalue weighted by molar-refractivity contribution is -0.130. The molecular formula is C15H20N2O3. The van der Waals surface area contributed by atoms with Gasteiger partial charge in [-0.25, -0.2) is 5.43 Å². The van der Waals surface area contributed by atoms with Gasteiger partial charge in [0.05, 0.1) is 14.2 Å². The van der Waals surface area contributed by atoms with Crippen LogP contribution in [-0.4, -0.2) is 38.2 Å². The molecule has 0 bridgehead atoms. The Labute approximate surface area is 119 Å². The van der Waals surface area contributed by atoms with E-state index in [-0.39, 0.29) is 5.91 Å². The molecule has 1 aliphatic rings. The maximum absolute atomic E-state index is 12.0. The monoisotopic (exact) mass is 276 g/mol. The standard InChI is InChI=1S/C15H20N2O3/c1-19-13-7-5-12(11-14(13)20-2)6-8-15(18)17-10-4-3-9-16-17/h5-8,11,16H,3-4,9-10H2,1-2H3/b8-6+. The molecule has 0 aromatic heterocycles. The maximum atomic E-state index is 12.0. The van der Waals surface area contributed by atoms with E-state index in [9.17, 15) is 4.79 Å². The smallest absolute Gasteiger partial charge is 0.260 e. The molecule has 5 nitrogen and oxygen atoms in total. The summed E-state index contributed by atoms with van der Waals surface area (Å²) in [5.74, 6) is 1.30. The summed E-state index contributed by atoms with van der Waals surface area (Å²) in [6.45, 7) is 1.62. The normalized spacial score (nSPS) is 15.4. The van der Waals surface area contributed by atoms with Gasteiger partial charge in [-0.3, -0.25) is 9.80 Å². The molecule has 0 aliphatic carbocycles. The molecule has 0 atom stereocenters. The summed E-state index contributed by atoms with van der Waals surface area (Å²) in [5.41, 5.74) is 3.98. The predicted octanol–water partition coefficient (Wildman–Crippen LogP) is 1.84. The highest BCUT2D eigenvalue weighted by Crippen LogP contribution is 2.27. The van der Waals surface area contributed by atoms with E-state index < -0.39 is 0 Å². The number of hydrogen-bond acceptors (Lipinski definition) is 4. The summed E-state index contributed by atoms with van der Waals surface area (Å²) >= 11 is 0. The minimum Gasteiger partial charge on any atom is -0.493 e. The summed E-state index contributed by atoms with van der Waals surface area (Å²) in [6.07, 6.45) is 5.51. The molecule has 0 unspecified atom stereocenters. The Hall–Kier alpha value is -2.01. The first-order chi connectivity index (χ1) is 9.74. The van der Waals surface area contributed by atoms with Crippen molar-refractivity contribution in [2.24, 2.45) is 0 Å². The number of nitrogens with zero attached hydrogens (tertiary/aromatic N) is 1. The van der Waals surface area contributed by atoms with Crippen LogP contribution in [0.25, 0.3) is 6.08 Å². The quantitative estimate of drug-likeness (QED) is 0.853. The van der Waals surface area contributed by atoms with Crippen molar-refractivity contribution in [3.63, 3.8) is 0 Å². The van der Waals surface area contributed by atoms with Crippen molar-refractivity contribution in [3.8, 4) is 11.5 Å². The van der Waals surface area contributed by atoms with E-state index in [1.54, 1.807) is 31.4 Å². The van der Waals surface area contributed by atoms with Crippen LogP contribution in [0, 0.1) is 0 Å². The number of methoxy groups -OCH3 is 2. The third-order valence-electron chi connectivity index (χ3n) is 3.20. The van der Waals surface area contributed by atoms with Crippen LogP contribution in [0.5, 0.6) is 11.5 Å². The average molecular weight is 276 g/mol. The van der Waals surface area contributed by atoms with E-state index >= 15 is 0 Å². The van der Waals surface area contributed by atoms with E-state index in [1.807, 2.05) is 18.2 Å². The Kier molecular flexibility index (Phi) is 5.01. The Morgan fingerprint density at radius 1 is 1.25 bits per heavy atom. The van der Waals surface area contributed by atoms with Gasteiger partial charge in [-0.05, 0) is 36.6 Å². The first-order valence-corrected chi connectivity index (χ1v) is 6.69. The summed E-state index contributed by atoms with van der Waals surface area (Å²) < 4.78 is 10.4. The molecule has 1 fully saturated rings. The second kappa shape index (κ2) is 6.96. The molecule has 1 heterocycles. The van der Waals surface area contributed by atoms with Crippen LogP contribution in [0.4, 0.5) is 0 Å². The fourth-order valence-electron chi connectivity index (χ4n) is 2.09. The number of carbonyl (C=O) groups excluding carboxylic acids is 1. The van der Waals surface area contributed by atoms with Gasteiger partial charge in [0.25, 0.3) is 5.91 Å². The Balaban J connectivity index is 2.04. The van der Waals surface area contributed by atoms with Crippen molar-refractivity contribution in [2.75, 3.05) is 27.3 Å². The largest absolute Gasteiger partial charge is 0.493 e. The van der Waals surface area contributed by atoms with Crippen molar-refractivity contribution in [1.29, 1.82) is 0 Å². The van der Waals surface area contributed by atoms with Crippen LogP contribution in [0.3, 0.4) is 0 Å². The Morgan fingerprint density at radius 2 is 2.05 bits per heavy atom. The molecule has 20 heavy (non-hydrogen) atoms. The minimum atomic E-state index is -0.0283. The molecule has 0 radical (unpaired) electrons. The number of hydrazine groups is 1. The molecule has 1 saturated heterocycles. The third-order valence-corrected chi connectivity index (χ3v) is 3.20. The number of amides is 1. The summed E-state index contributed by atoms with van der Waals surface area (Å²) in [6, 6.07) is 5.54. The highest BCUT2D eigenvalue weighted by Gasteiger charge is 2.13. The van der Waals surface area contributed by atoms with E-state index in [0.29, 0.717) is 11.5 Å². The molecule has 2 rings (SSSR count). The zero-order chi connectivity index (χ0) is 14.4. The molecule has 108 valence electrons. The Morgan fingerprint density at radius 3 is 2.70 bits per heavy atom. The average Bonchev–Trinajstić information content (AvgIpc) is 2.53. The number of ether oxygens (including phenoxy) is 2. The maximum Gasteiger partial charge on any atom is 0.260 e. The van der Waals surface area contributed by atoms with Gasteiger partial charge < -0.3 is 9.47 Å². The van der Waals surface area contributed by atoms with Crippen LogP contribution in [0.1, 0.15) is 18.4 Å². The number of carbonyl (C=O) groups is 1. The molecule has 0 spiro atoms. The van der Waals surface area contributed by atoms with Crippen LogP contribution in [-0.2, 0) is 4.79 Å². The van der Waals surface area contributed by atoms with Crippen LogP contribution < -0.4 is 14.9 Å². The van der Waals surface area contributed by atoms with Crippen LogP contribution >= 0.6 is 0 Å². The number of rotatable bonds is 4. The minimum absolute atomic E-state index is 0.0283. The van der Waals surface area contributed by atoms with E-state index in [2.05, 4.69) is 5.43 Å². The lowest BCUT2D eigenvalue weighted by Crippen LogP contribution is -2.46. The van der Waals surface area contributed by atoms with E-state index in [1.165, 1.54) is 0 Å². The SMILES string of the molecule is COc1ccc(/C=C/C(=O)N2CCCCN2)cc1OC. The molecule has 1 amide bonds. The lowest BCUT2D eigenvalue weighted by Gasteiger charge is -2.26. The van der Waals surface area contributed by atoms with Gasteiger partial charge in [-0.1, -0.05) is 6.07 Å². The summed E-state index contributed by atoms with van der Waals surface area (Å²) in [7, 11) is 3.19. The molecule has 1 aliphatic heterocycles. The van der Waals surface area contributed by atoms with Gasteiger partial charge in [0.15, 0.2) is 11.5 Å². The van der Waals surface area contributed by atoms with Gasteiger partial charge in [-0.2, -0.15) is 0 Å². The van der Waals surface area contributed by atoms with Crippen molar-refractivity contribution < 1.29 is 14.3 Å². The van der Waals surface area contributed by atoms with Gasteiger partial charge in [-0.15, -0.1) is 0 Å². The van der Waals surface area contributed by atoms with Gasteiger partial charge in [0, 0.05) is 19.2 Å². The van der Waals surface area contributed by atoms with Crippen LogP contribution in [0.15, 0.2) is 24.3 Å². The van der Waals surface area contributed by atoms with Gasteiger partial charge >= 0.3 is 0 Å². The number of hydrogen-bond donors (Lipinski definition) is 1. The van der Waals surface area contributed by atoms with Crippen LogP contribution in [0.2, 0.25) is 0 Å². The topological polar surface area (TPSA) is 50.8 Å². The molecule has 1 aromatic rings. The van der Waals surface area contributed by atoms with Gasteiger partial charge in [0.1, 0.15) is 0 Å². The molecular weight excluding hydrogens is 256 g/mol. The fourth-order valence-corrected chi connectivity index (χ4v) is 2.09. The molecule has 5 heteroatoms. The van der Waals surface area contributed by atoms with Gasteiger partial charge in [0.2, 0.25) is 0 Å². The number of nitrogens with one attached hydrogen (secondary N) is 1. The van der Waals surface area contributed by atoms with E-state index in [4.69, 9.17) is 9.47 Å². The second-order valence-electron chi connectivity index (χ2n) is 4.55. The highest BCUT2D eigenvalue weighted by molar-refractivity contribution is 5.91. The first kappa shape index (κ1) is 14.4. The molecule has 1 N–H and O–H groups in total. The third kappa shape index (κ3) is 3.51. The zero-order valence-electron chi connectivity index (χ0n) is 11.9. The fraction of sp³-hybridized carbons (Fsp3) is 0.400. The zero-order valence-corrected chi connectivity index (χ0v) is 11.9.